The highest BCUT2D eigenvalue weighted by molar-refractivity contribution is 7.83. The van der Waals surface area contributed by atoms with E-state index in [0.717, 1.165) is 0 Å². The van der Waals surface area contributed by atoms with Gasteiger partial charge in [-0.3, -0.25) is 10.4 Å². The van der Waals surface area contributed by atoms with E-state index in [0.29, 0.717) is 0 Å². The van der Waals surface area contributed by atoms with Crippen molar-refractivity contribution in [3.63, 3.8) is 0 Å². The molecule has 0 atom stereocenters. The van der Waals surface area contributed by atoms with Gasteiger partial charge in [-0.1, -0.05) is 0 Å². The quantitative estimate of drug-likeness (QED) is 0.368. The van der Waals surface area contributed by atoms with Crippen molar-refractivity contribution in [2.75, 3.05) is 0 Å². The van der Waals surface area contributed by atoms with Crippen LogP contribution in [0.1, 0.15) is 12.8 Å². The zero-order valence-corrected chi connectivity index (χ0v) is 6.76. The van der Waals surface area contributed by atoms with Crippen molar-refractivity contribution in [3.05, 3.63) is 0 Å². The van der Waals surface area contributed by atoms with E-state index in [-0.39, 0.29) is 4.41 Å². The average Bonchev–Trinajstić information content (AvgIpc) is 1.78. The molecule has 12 heavy (non-hydrogen) atoms. The fraction of sp³-hybridized carbons (Fsp3) is 1.00. The molecule has 3 N–H and O–H groups in total. The van der Waals surface area contributed by atoms with Crippen LogP contribution < -0.4 is 5.84 Å². The lowest BCUT2D eigenvalue weighted by molar-refractivity contribution is -0.110. The van der Waals surface area contributed by atoms with Gasteiger partial charge in [-0.05, 0) is 0 Å². The Bertz CT molecular complexity index is 270. The van der Waals surface area contributed by atoms with Gasteiger partial charge in [-0.2, -0.15) is 8.42 Å². The van der Waals surface area contributed by atoms with Crippen LogP contribution in [0.3, 0.4) is 0 Å². The number of hydrogen-bond donors (Lipinski definition) is 2. The van der Waals surface area contributed by atoms with E-state index in [9.17, 15) is 17.2 Å². The molecule has 0 bridgehead atoms. The molecule has 0 spiro atoms. The molecule has 0 unspecified atom stereocenters. The third kappa shape index (κ3) is 1.89. The molecule has 72 valence electrons. The molecule has 1 rings (SSSR count). The smallest absolute Gasteiger partial charge is 0.272 e. The molecule has 0 aliphatic heterocycles. The number of nitrogens with zero attached hydrogens (tertiary/aromatic N) is 1. The van der Waals surface area contributed by atoms with Gasteiger partial charge in [0.05, 0.1) is 6.04 Å². The van der Waals surface area contributed by atoms with Gasteiger partial charge in [0.2, 0.25) is 0 Å². The molecule has 1 fully saturated rings. The molecule has 0 aromatic carbocycles. The van der Waals surface area contributed by atoms with Crippen LogP contribution in [0.4, 0.5) is 8.78 Å². The summed E-state index contributed by atoms with van der Waals surface area (Å²) >= 11 is 0. The fourth-order valence-corrected chi connectivity index (χ4v) is 1.52. The Morgan fingerprint density at radius 2 is 1.92 bits per heavy atom. The minimum absolute atomic E-state index is 0.0599. The average molecular weight is 202 g/mol. The highest BCUT2D eigenvalue weighted by Crippen LogP contribution is 2.39. The second-order valence-corrected chi connectivity index (χ2v) is 4.04. The van der Waals surface area contributed by atoms with Crippen LogP contribution in [0.2, 0.25) is 0 Å². The topological polar surface area (TPSA) is 83.6 Å². The first kappa shape index (κ1) is 9.78. The van der Waals surface area contributed by atoms with Crippen molar-refractivity contribution in [2.24, 2.45) is 5.84 Å². The van der Waals surface area contributed by atoms with Crippen molar-refractivity contribution < 1.29 is 21.8 Å². The van der Waals surface area contributed by atoms with Crippen molar-refractivity contribution in [1.29, 1.82) is 0 Å². The summed E-state index contributed by atoms with van der Waals surface area (Å²) in [6.07, 6.45) is -1.27. The minimum Gasteiger partial charge on any atom is -0.272 e. The number of nitrogens with two attached hydrogens (primary N) is 1. The maximum absolute atomic E-state index is 12.2. The summed E-state index contributed by atoms with van der Waals surface area (Å²) in [7, 11) is -4.54. The van der Waals surface area contributed by atoms with Crippen LogP contribution in [0.5, 0.6) is 0 Å². The predicted octanol–water partition coefficient (Wildman–Crippen LogP) is -0.237. The Labute approximate surface area is 68.0 Å². The summed E-state index contributed by atoms with van der Waals surface area (Å²) < 4.78 is 53.3. The molecule has 0 amide bonds. The van der Waals surface area contributed by atoms with Gasteiger partial charge in [0.15, 0.2) is 0 Å². The first-order chi connectivity index (χ1) is 5.22. The molecule has 1 aliphatic carbocycles. The molecule has 0 aromatic rings. The predicted molar refractivity (Wildman–Crippen MR) is 35.5 cm³/mol. The van der Waals surface area contributed by atoms with Crippen LogP contribution in [0.25, 0.3) is 0 Å². The number of hydrogen-bond acceptors (Lipinski definition) is 3. The van der Waals surface area contributed by atoms with Gasteiger partial charge in [0, 0.05) is 12.8 Å². The lowest BCUT2D eigenvalue weighted by Crippen LogP contribution is -2.55. The Morgan fingerprint density at radius 3 is 2.17 bits per heavy atom. The molecule has 0 aromatic heterocycles. The van der Waals surface area contributed by atoms with Gasteiger partial charge in [-0.25, -0.2) is 8.78 Å². The van der Waals surface area contributed by atoms with Crippen LogP contribution in [-0.4, -0.2) is 29.3 Å². The van der Waals surface area contributed by atoms with Gasteiger partial charge in [0.1, 0.15) is 0 Å². The van der Waals surface area contributed by atoms with E-state index < -0.39 is 35.1 Å². The normalized spacial score (nSPS) is 24.1. The second-order valence-electron chi connectivity index (χ2n) is 2.73. The fourth-order valence-electron chi connectivity index (χ4n) is 0.998. The molecule has 1 aliphatic rings. The van der Waals surface area contributed by atoms with Gasteiger partial charge < -0.3 is 0 Å². The Balaban J connectivity index is 2.55. The van der Waals surface area contributed by atoms with Crippen molar-refractivity contribution in [1.82, 2.24) is 4.41 Å². The van der Waals surface area contributed by atoms with Crippen molar-refractivity contribution in [2.45, 2.75) is 24.8 Å². The number of hydrazine groups is 1. The van der Waals surface area contributed by atoms with Crippen molar-refractivity contribution >= 4 is 10.3 Å². The Kier molecular flexibility index (Phi) is 2.11. The maximum Gasteiger partial charge on any atom is 0.348 e. The van der Waals surface area contributed by atoms with E-state index in [1.54, 1.807) is 0 Å². The monoisotopic (exact) mass is 202 g/mol. The zero-order chi connectivity index (χ0) is 9.57. The van der Waals surface area contributed by atoms with E-state index in [1.165, 1.54) is 0 Å². The first-order valence-electron chi connectivity index (χ1n) is 3.12. The molecule has 0 saturated heterocycles. The highest BCUT2D eigenvalue weighted by atomic mass is 32.2. The van der Waals surface area contributed by atoms with Gasteiger partial charge in [0.25, 0.3) is 5.92 Å². The minimum atomic E-state index is -4.54. The summed E-state index contributed by atoms with van der Waals surface area (Å²) in [5, 5.41) is 0. The third-order valence-corrected chi connectivity index (χ3v) is 2.53. The van der Waals surface area contributed by atoms with Gasteiger partial charge in [-0.15, -0.1) is 4.41 Å². The van der Waals surface area contributed by atoms with Crippen LogP contribution in [0, 0.1) is 0 Å². The van der Waals surface area contributed by atoms with E-state index >= 15 is 0 Å². The molecule has 5 nitrogen and oxygen atoms in total. The largest absolute Gasteiger partial charge is 0.348 e. The number of alkyl halides is 2. The summed E-state index contributed by atoms with van der Waals surface area (Å²) in [5.41, 5.74) is 0. The molecule has 0 heterocycles. The highest BCUT2D eigenvalue weighted by Gasteiger charge is 2.49. The third-order valence-electron chi connectivity index (χ3n) is 1.69. The SMILES string of the molecule is NN(C1CC(F)(F)C1)S(=O)(=O)O. The van der Waals surface area contributed by atoms with Crippen LogP contribution in [0.15, 0.2) is 0 Å². The Morgan fingerprint density at radius 1 is 1.50 bits per heavy atom. The molecule has 8 heteroatoms. The summed E-state index contributed by atoms with van der Waals surface area (Å²) in [4.78, 5) is 0. The molecule has 1 saturated carbocycles. The number of halogens is 2. The Hall–Kier alpha value is -0.310. The van der Waals surface area contributed by atoms with E-state index in [1.807, 2.05) is 0 Å². The lowest BCUT2D eigenvalue weighted by Gasteiger charge is -2.38. The van der Waals surface area contributed by atoms with E-state index in [2.05, 4.69) is 0 Å². The summed E-state index contributed by atoms with van der Waals surface area (Å²) in [6.45, 7) is 0. The van der Waals surface area contributed by atoms with E-state index in [4.69, 9.17) is 10.4 Å². The summed E-state index contributed by atoms with van der Waals surface area (Å²) in [5.74, 6) is 1.98. The summed E-state index contributed by atoms with van der Waals surface area (Å²) in [6, 6.07) is -0.991. The molecular formula is C4H8F2N2O3S. The van der Waals surface area contributed by atoms with Crippen LogP contribution in [-0.2, 0) is 10.3 Å². The second kappa shape index (κ2) is 2.59. The lowest BCUT2D eigenvalue weighted by atomic mass is 9.89. The van der Waals surface area contributed by atoms with Crippen LogP contribution >= 0.6 is 0 Å². The molecule has 0 radical (unpaired) electrons. The molecular weight excluding hydrogens is 194 g/mol. The first-order valence-corrected chi connectivity index (χ1v) is 4.51. The number of rotatable bonds is 2. The van der Waals surface area contributed by atoms with Crippen molar-refractivity contribution in [3.8, 4) is 0 Å². The van der Waals surface area contributed by atoms with Gasteiger partial charge >= 0.3 is 10.3 Å². The zero-order valence-electron chi connectivity index (χ0n) is 5.94. The maximum atomic E-state index is 12.2. The standard InChI is InChI=1S/C4H8F2N2O3S/c5-4(6)1-3(2-4)8(7)12(9,10)11/h3H,1-2,7H2,(H,9,10,11).